The fourth-order valence-electron chi connectivity index (χ4n) is 1.26. The van der Waals surface area contributed by atoms with Gasteiger partial charge in [0.2, 0.25) is 0 Å². The molecule has 0 heterocycles. The molecule has 0 saturated carbocycles. The Hall–Kier alpha value is -0.664. The van der Waals surface area contributed by atoms with Crippen LogP contribution in [0, 0.1) is 0 Å². The number of hydrogen-bond donors (Lipinski definition) is 0. The molecule has 0 spiro atoms. The Kier molecular flexibility index (Phi) is 7.84. The average molecular weight is 467 g/mol. The van der Waals surface area contributed by atoms with E-state index in [4.69, 9.17) is 0 Å². The molecule has 1 aromatic rings. The van der Waals surface area contributed by atoms with Crippen molar-refractivity contribution in [2.45, 2.75) is 58.6 Å². The second-order valence-corrected chi connectivity index (χ2v) is 46.7. The maximum atomic E-state index is 2.42. The van der Waals surface area contributed by atoms with Gasteiger partial charge in [-0.2, -0.15) is 0 Å². The van der Waals surface area contributed by atoms with Gasteiger partial charge in [-0.25, -0.2) is 0 Å². The largest absolute Gasteiger partial charge is 0.0623 e. The Labute approximate surface area is 132 Å². The molecule has 0 N–H and O–H groups in total. The van der Waals surface area contributed by atoms with Crippen LogP contribution >= 0.6 is 0 Å². The van der Waals surface area contributed by atoms with E-state index < -0.39 is 12.6 Å². The van der Waals surface area contributed by atoms with Crippen LogP contribution in [0.1, 0.15) is 25.7 Å². The molecule has 0 bridgehead atoms. The number of benzene rings is 1. The summed E-state index contributed by atoms with van der Waals surface area (Å²) in [6.07, 6.45) is 14.0. The van der Waals surface area contributed by atoms with Gasteiger partial charge in [0.15, 0.2) is 0 Å². The molecule has 1 aliphatic carbocycles. The van der Waals surface area contributed by atoms with Gasteiger partial charge in [-0.05, 0) is 25.7 Å². The first-order valence-electron chi connectivity index (χ1n) is 7.44. The van der Waals surface area contributed by atoms with Crippen molar-refractivity contribution in [1.29, 1.82) is 0 Å². The third-order valence-corrected chi connectivity index (χ3v) is 2.04. The zero-order chi connectivity index (χ0) is 16.3. The first-order chi connectivity index (χ1) is 9.45. The van der Waals surface area contributed by atoms with Crippen LogP contribution in [0.3, 0.4) is 0 Å². The van der Waals surface area contributed by atoms with Crippen LogP contribution < -0.4 is 0 Å². The van der Waals surface area contributed by atoms with Crippen molar-refractivity contribution in [1.82, 2.24) is 0 Å². The van der Waals surface area contributed by atoms with E-state index in [0.717, 1.165) is 0 Å². The van der Waals surface area contributed by atoms with Crippen LogP contribution in [0.15, 0.2) is 60.7 Å². The molecular weight excluding hydrogens is 430 g/mol. The minimum atomic E-state index is -2.21. The molecule has 21 heavy (non-hydrogen) atoms. The Morgan fingerprint density at radius 1 is 0.524 bits per heavy atom. The average Bonchev–Trinajstić information content (AvgIpc) is 2.27. The van der Waals surface area contributed by atoms with Gasteiger partial charge < -0.3 is 0 Å². The van der Waals surface area contributed by atoms with E-state index in [1.165, 1.54) is 25.7 Å². The van der Waals surface area contributed by atoms with Crippen molar-refractivity contribution in [2.75, 3.05) is 0 Å². The normalized spacial score (nSPS) is 20.7. The standard InChI is InChI=1S/C8H12.C6H6.6CH3.Os/c1-2-4-6-8-7-5-3-1;1-2-4-6-5-3-1;;;;;;;/h1-4H,5-8H2;1-6H;6*1H3;/b3-1-,4-2-;;;;;;;;. The van der Waals surface area contributed by atoms with Crippen LogP contribution in [-0.2, 0) is 12.6 Å². The van der Waals surface area contributed by atoms with Gasteiger partial charge in [0.05, 0.1) is 0 Å². The maximum absolute atomic E-state index is 2.42. The molecule has 0 atom stereocenters. The minimum Gasteiger partial charge on any atom is -0.0623 e. The van der Waals surface area contributed by atoms with Crippen LogP contribution in [0.5, 0.6) is 0 Å². The number of allylic oxidation sites excluding steroid dienone is 4. The monoisotopic (exact) mass is 468 g/mol. The van der Waals surface area contributed by atoms with Gasteiger partial charge in [-0.3, -0.25) is 0 Å². The molecule has 1 heteroatoms. The number of hydrogen-bond acceptors (Lipinski definition) is 0. The van der Waals surface area contributed by atoms with Gasteiger partial charge in [0.25, 0.3) is 0 Å². The van der Waals surface area contributed by atoms with Gasteiger partial charge in [0.1, 0.15) is 0 Å². The van der Waals surface area contributed by atoms with Crippen molar-refractivity contribution >= 4 is 0 Å². The van der Waals surface area contributed by atoms with Crippen molar-refractivity contribution in [2.24, 2.45) is 0 Å². The maximum Gasteiger partial charge on any atom is -0.0623 e. The Morgan fingerprint density at radius 3 is 1.00 bits per heavy atom. The first-order valence-corrected chi connectivity index (χ1v) is 22.7. The molecule has 124 valence electrons. The molecule has 2 rings (SSSR count). The summed E-state index contributed by atoms with van der Waals surface area (Å²) in [5.41, 5.74) is 14.5. The van der Waals surface area contributed by atoms with E-state index in [-0.39, 0.29) is 0 Å². The zero-order valence-corrected chi connectivity index (χ0v) is 17.5. The first kappa shape index (κ1) is 20.3. The molecule has 0 radical (unpaired) electrons. The summed E-state index contributed by atoms with van der Waals surface area (Å²) in [6, 6.07) is 12.0. The summed E-state index contributed by atoms with van der Waals surface area (Å²) in [4.78, 5) is 0. The summed E-state index contributed by atoms with van der Waals surface area (Å²) >= 11 is -2.21. The molecule has 1 aromatic carbocycles. The molecule has 1 aliphatic rings. The van der Waals surface area contributed by atoms with E-state index >= 15 is 0 Å². The zero-order valence-electron chi connectivity index (χ0n) is 15.0. The van der Waals surface area contributed by atoms with E-state index in [2.05, 4.69) is 57.2 Å². The van der Waals surface area contributed by atoms with Crippen molar-refractivity contribution in [3.63, 3.8) is 0 Å². The fourth-order valence-corrected chi connectivity index (χ4v) is 1.26. The summed E-state index contributed by atoms with van der Waals surface area (Å²) in [5.74, 6) is 0. The van der Waals surface area contributed by atoms with E-state index in [1.54, 1.807) is 0 Å². The van der Waals surface area contributed by atoms with Gasteiger partial charge in [-0.15, -0.1) is 0 Å². The quantitative estimate of drug-likeness (QED) is 0.365. The predicted octanol–water partition coefficient (Wildman–Crippen LogP) is 7.86. The van der Waals surface area contributed by atoms with Crippen molar-refractivity contribution < 1.29 is 12.6 Å². The smallest absolute Gasteiger partial charge is 0.0623 e. The number of rotatable bonds is 0. The van der Waals surface area contributed by atoms with E-state index in [9.17, 15) is 0 Å². The molecule has 0 amide bonds. The molecule has 0 aliphatic heterocycles. The second kappa shape index (κ2) is 8.10. The van der Waals surface area contributed by atoms with Crippen molar-refractivity contribution in [3.05, 3.63) is 60.7 Å². The predicted molar refractivity (Wildman–Crippen MR) is 98.4 cm³/mol. The van der Waals surface area contributed by atoms with Crippen LogP contribution in [0.25, 0.3) is 0 Å². The van der Waals surface area contributed by atoms with Crippen LogP contribution in [0.2, 0.25) is 32.9 Å². The molecular formula is C20H36Os. The van der Waals surface area contributed by atoms with Crippen molar-refractivity contribution in [3.8, 4) is 0 Å². The summed E-state index contributed by atoms with van der Waals surface area (Å²) in [6.45, 7) is 0. The van der Waals surface area contributed by atoms with Crippen LogP contribution in [-0.4, -0.2) is 0 Å². The molecule has 0 saturated heterocycles. The molecule has 0 fully saturated rings. The molecule has 0 aromatic heterocycles. The summed E-state index contributed by atoms with van der Waals surface area (Å²) < 4.78 is 0. The van der Waals surface area contributed by atoms with Gasteiger partial charge >= 0.3 is 45.5 Å². The fraction of sp³-hybridized carbons (Fsp3) is 0.500. The Morgan fingerprint density at radius 2 is 0.762 bits per heavy atom. The Balaban J connectivity index is 0.000000289. The van der Waals surface area contributed by atoms with E-state index in [0.29, 0.717) is 0 Å². The minimum absolute atomic E-state index is 1.27. The SMILES string of the molecule is C1=C\CCCC\C=C/1.[CH3][Os]([CH3])([CH3])([CH3])([CH3])[CH3].c1ccccc1. The van der Waals surface area contributed by atoms with Gasteiger partial charge in [-0.1, -0.05) is 60.7 Å². The van der Waals surface area contributed by atoms with Gasteiger partial charge in [0, 0.05) is 0 Å². The van der Waals surface area contributed by atoms with Crippen LogP contribution in [0.4, 0.5) is 0 Å². The van der Waals surface area contributed by atoms with E-state index in [1.807, 2.05) is 36.4 Å². The topological polar surface area (TPSA) is 0 Å². The summed E-state index contributed by atoms with van der Waals surface area (Å²) in [5, 5.41) is 0. The third kappa shape index (κ3) is 32.7. The Bertz CT molecular complexity index is 363. The molecule has 0 unspecified atom stereocenters. The second-order valence-electron chi connectivity index (χ2n) is 8.60. The third-order valence-electron chi connectivity index (χ3n) is 2.04. The molecule has 0 nitrogen and oxygen atoms in total. The summed E-state index contributed by atoms with van der Waals surface area (Å²) in [7, 11) is 0.